The van der Waals surface area contributed by atoms with Crippen LogP contribution in [0.1, 0.15) is 12.5 Å². The molecule has 2 aromatic rings. The third-order valence-electron chi connectivity index (χ3n) is 3.28. The molecule has 0 saturated carbocycles. The molecule has 8 heteroatoms. The van der Waals surface area contributed by atoms with Crippen molar-refractivity contribution in [2.45, 2.75) is 13.1 Å². The summed E-state index contributed by atoms with van der Waals surface area (Å²) in [7, 11) is 1.47. The van der Waals surface area contributed by atoms with Crippen molar-refractivity contribution in [3.05, 3.63) is 48.0 Å². The Hall–Kier alpha value is -2.90. The first-order chi connectivity index (χ1) is 12.3. The monoisotopic (exact) mass is 369 g/mol. The van der Waals surface area contributed by atoms with Crippen LogP contribution < -0.4 is 19.5 Å². The lowest BCUT2D eigenvalue weighted by molar-refractivity contribution is -0.137. The van der Waals surface area contributed by atoms with Gasteiger partial charge in [-0.25, -0.2) is 0 Å². The normalized spacial score (nSPS) is 11.0. The van der Waals surface area contributed by atoms with E-state index in [2.05, 4.69) is 5.32 Å². The minimum Gasteiger partial charge on any atom is -0.493 e. The van der Waals surface area contributed by atoms with E-state index in [-0.39, 0.29) is 5.75 Å². The van der Waals surface area contributed by atoms with Gasteiger partial charge in [-0.15, -0.1) is 0 Å². The van der Waals surface area contributed by atoms with Crippen LogP contribution in [0, 0.1) is 0 Å². The summed E-state index contributed by atoms with van der Waals surface area (Å²) in [5, 5.41) is 2.58. The molecule has 0 atom stereocenters. The van der Waals surface area contributed by atoms with Crippen molar-refractivity contribution in [3.63, 3.8) is 0 Å². The van der Waals surface area contributed by atoms with Crippen LogP contribution in [0.25, 0.3) is 0 Å². The van der Waals surface area contributed by atoms with E-state index < -0.39 is 24.3 Å². The lowest BCUT2D eigenvalue weighted by Crippen LogP contribution is -2.20. The smallest absolute Gasteiger partial charge is 0.416 e. The molecule has 1 amide bonds. The summed E-state index contributed by atoms with van der Waals surface area (Å²) >= 11 is 0. The Labute approximate surface area is 148 Å². The van der Waals surface area contributed by atoms with Gasteiger partial charge in [0.25, 0.3) is 5.91 Å². The van der Waals surface area contributed by atoms with Gasteiger partial charge in [0.1, 0.15) is 5.75 Å². The van der Waals surface area contributed by atoms with Gasteiger partial charge < -0.3 is 19.5 Å². The Morgan fingerprint density at radius 3 is 2.50 bits per heavy atom. The fourth-order valence-corrected chi connectivity index (χ4v) is 2.13. The number of anilines is 1. The van der Waals surface area contributed by atoms with Crippen molar-refractivity contribution in [2.24, 2.45) is 0 Å². The van der Waals surface area contributed by atoms with E-state index in [0.29, 0.717) is 23.8 Å². The van der Waals surface area contributed by atoms with E-state index in [1.807, 2.05) is 6.92 Å². The SMILES string of the molecule is CCOc1ccc(NC(=O)COc2cccc(C(F)(F)F)c2)cc1OC. The van der Waals surface area contributed by atoms with E-state index >= 15 is 0 Å². The molecular weight excluding hydrogens is 351 g/mol. The summed E-state index contributed by atoms with van der Waals surface area (Å²) in [6.07, 6.45) is -4.47. The molecule has 5 nitrogen and oxygen atoms in total. The molecular formula is C18H18F3NO4. The molecule has 0 radical (unpaired) electrons. The van der Waals surface area contributed by atoms with Crippen LogP contribution in [0.2, 0.25) is 0 Å². The number of benzene rings is 2. The molecule has 2 rings (SSSR count). The third-order valence-corrected chi connectivity index (χ3v) is 3.28. The fourth-order valence-electron chi connectivity index (χ4n) is 2.13. The number of hydrogen-bond donors (Lipinski definition) is 1. The molecule has 0 fully saturated rings. The minimum atomic E-state index is -4.47. The van der Waals surface area contributed by atoms with Gasteiger partial charge in [-0.3, -0.25) is 4.79 Å². The fraction of sp³-hybridized carbons (Fsp3) is 0.278. The maximum absolute atomic E-state index is 12.7. The van der Waals surface area contributed by atoms with E-state index in [4.69, 9.17) is 14.2 Å². The molecule has 0 heterocycles. The summed E-state index contributed by atoms with van der Waals surface area (Å²) in [6.45, 7) is 1.87. The van der Waals surface area contributed by atoms with Crippen molar-refractivity contribution in [2.75, 3.05) is 25.6 Å². The number of halogens is 3. The number of alkyl halides is 3. The zero-order chi connectivity index (χ0) is 19.2. The number of hydrogen-bond acceptors (Lipinski definition) is 4. The van der Waals surface area contributed by atoms with Gasteiger partial charge in [0, 0.05) is 11.8 Å². The van der Waals surface area contributed by atoms with Gasteiger partial charge in [-0.05, 0) is 37.3 Å². The highest BCUT2D eigenvalue weighted by Crippen LogP contribution is 2.32. The van der Waals surface area contributed by atoms with Gasteiger partial charge >= 0.3 is 6.18 Å². The van der Waals surface area contributed by atoms with Crippen LogP contribution in [0.4, 0.5) is 18.9 Å². The van der Waals surface area contributed by atoms with E-state index in [1.54, 1.807) is 18.2 Å². The predicted octanol–water partition coefficient (Wildman–Crippen LogP) is 4.13. The molecule has 0 spiro atoms. The van der Waals surface area contributed by atoms with Crippen molar-refractivity contribution in [1.82, 2.24) is 0 Å². The van der Waals surface area contributed by atoms with Crippen molar-refractivity contribution in [1.29, 1.82) is 0 Å². The second-order valence-corrected chi connectivity index (χ2v) is 5.16. The van der Waals surface area contributed by atoms with E-state index in [9.17, 15) is 18.0 Å². The molecule has 0 aliphatic carbocycles. The Morgan fingerprint density at radius 2 is 1.85 bits per heavy atom. The number of amides is 1. The average Bonchev–Trinajstić information content (AvgIpc) is 2.61. The van der Waals surface area contributed by atoms with Crippen molar-refractivity contribution < 1.29 is 32.2 Å². The highest BCUT2D eigenvalue weighted by atomic mass is 19.4. The summed E-state index contributed by atoms with van der Waals surface area (Å²) in [4.78, 5) is 11.9. The first-order valence-electron chi connectivity index (χ1n) is 7.74. The summed E-state index contributed by atoms with van der Waals surface area (Å²) in [5.41, 5.74) is -0.394. The molecule has 0 aliphatic rings. The Bertz CT molecular complexity index is 762. The van der Waals surface area contributed by atoms with Crippen LogP contribution in [0.15, 0.2) is 42.5 Å². The van der Waals surface area contributed by atoms with Crippen LogP contribution in [-0.2, 0) is 11.0 Å². The summed E-state index contributed by atoms with van der Waals surface area (Å²) < 4.78 is 53.7. The third kappa shape index (κ3) is 5.30. The first kappa shape index (κ1) is 19.4. The van der Waals surface area contributed by atoms with Crippen LogP contribution >= 0.6 is 0 Å². The lowest BCUT2D eigenvalue weighted by atomic mass is 10.2. The molecule has 0 aromatic heterocycles. The van der Waals surface area contributed by atoms with Crippen molar-refractivity contribution in [3.8, 4) is 17.2 Å². The predicted molar refractivity (Wildman–Crippen MR) is 89.7 cm³/mol. The van der Waals surface area contributed by atoms with Gasteiger partial charge in [0.2, 0.25) is 0 Å². The van der Waals surface area contributed by atoms with Crippen LogP contribution in [0.5, 0.6) is 17.2 Å². The molecule has 26 heavy (non-hydrogen) atoms. The number of methoxy groups -OCH3 is 1. The average molecular weight is 369 g/mol. The second kappa shape index (κ2) is 8.46. The zero-order valence-corrected chi connectivity index (χ0v) is 14.2. The number of rotatable bonds is 7. The first-order valence-corrected chi connectivity index (χ1v) is 7.74. The van der Waals surface area contributed by atoms with Crippen LogP contribution in [0.3, 0.4) is 0 Å². The van der Waals surface area contributed by atoms with Crippen molar-refractivity contribution >= 4 is 11.6 Å². The van der Waals surface area contributed by atoms with Gasteiger partial charge in [-0.2, -0.15) is 13.2 Å². The van der Waals surface area contributed by atoms with Gasteiger partial charge in [0.05, 0.1) is 19.3 Å². The Balaban J connectivity index is 1.97. The maximum Gasteiger partial charge on any atom is 0.416 e. The molecule has 0 bridgehead atoms. The number of carbonyl (C=O) groups excluding carboxylic acids is 1. The second-order valence-electron chi connectivity index (χ2n) is 5.16. The van der Waals surface area contributed by atoms with Gasteiger partial charge in [-0.1, -0.05) is 6.07 Å². The standard InChI is InChI=1S/C18H18F3NO4/c1-3-25-15-8-7-13(10-16(15)24-2)22-17(23)11-26-14-6-4-5-12(9-14)18(19,20)21/h4-10H,3,11H2,1-2H3,(H,22,23). The number of nitrogens with one attached hydrogen (secondary N) is 1. The number of carbonyl (C=O) groups is 1. The molecule has 0 saturated heterocycles. The molecule has 0 unspecified atom stereocenters. The summed E-state index contributed by atoms with van der Waals surface area (Å²) in [5.74, 6) is 0.421. The highest BCUT2D eigenvalue weighted by Gasteiger charge is 2.30. The van der Waals surface area contributed by atoms with Crippen LogP contribution in [-0.4, -0.2) is 26.2 Å². The topological polar surface area (TPSA) is 56.8 Å². The molecule has 0 aliphatic heterocycles. The molecule has 140 valence electrons. The summed E-state index contributed by atoms with van der Waals surface area (Å²) in [6, 6.07) is 9.18. The minimum absolute atomic E-state index is 0.0424. The Morgan fingerprint density at radius 1 is 1.08 bits per heavy atom. The van der Waals surface area contributed by atoms with Gasteiger partial charge in [0.15, 0.2) is 18.1 Å². The van der Waals surface area contributed by atoms with E-state index in [1.165, 1.54) is 19.2 Å². The molecule has 2 aromatic carbocycles. The largest absolute Gasteiger partial charge is 0.493 e. The lowest BCUT2D eigenvalue weighted by Gasteiger charge is -2.12. The quantitative estimate of drug-likeness (QED) is 0.797. The highest BCUT2D eigenvalue weighted by molar-refractivity contribution is 5.92. The van der Waals surface area contributed by atoms with E-state index in [0.717, 1.165) is 12.1 Å². The maximum atomic E-state index is 12.7. The molecule has 1 N–H and O–H groups in total. The Kier molecular flexibility index (Phi) is 6.32. The zero-order valence-electron chi connectivity index (χ0n) is 14.2. The number of ether oxygens (including phenoxy) is 3.